The molecule has 4 nitrogen and oxygen atoms in total. The molecule has 0 radical (unpaired) electrons. The Balaban J connectivity index is 1.85. The first-order valence-corrected chi connectivity index (χ1v) is 5.45. The lowest BCUT2D eigenvalue weighted by Gasteiger charge is -2.01. The first-order chi connectivity index (χ1) is 7.86. The fraction of sp³-hybridized carbons (Fsp3) is 0.333. The summed E-state index contributed by atoms with van der Waals surface area (Å²) in [5.41, 5.74) is 2.78. The topological polar surface area (TPSA) is 61.8 Å². The van der Waals surface area contributed by atoms with E-state index < -0.39 is 0 Å². The van der Waals surface area contributed by atoms with E-state index in [1.165, 1.54) is 11.1 Å². The van der Waals surface area contributed by atoms with Gasteiger partial charge in [-0.15, -0.1) is 0 Å². The average molecular weight is 215 g/mol. The molecular weight excluding hydrogens is 202 g/mol. The summed E-state index contributed by atoms with van der Waals surface area (Å²) in [4.78, 5) is 4.28. The molecule has 0 amide bonds. The second-order valence-corrected chi connectivity index (χ2v) is 4.17. The zero-order chi connectivity index (χ0) is 11.0. The Morgan fingerprint density at radius 1 is 1.25 bits per heavy atom. The van der Waals surface area contributed by atoms with Crippen molar-refractivity contribution in [2.24, 2.45) is 0 Å². The summed E-state index contributed by atoms with van der Waals surface area (Å²) >= 11 is 0. The summed E-state index contributed by atoms with van der Waals surface area (Å²) in [7, 11) is 0. The monoisotopic (exact) mass is 215 g/mol. The zero-order valence-corrected chi connectivity index (χ0v) is 8.85. The molecule has 2 aromatic rings. The Labute approximate surface area is 93.4 Å². The molecule has 0 saturated carbocycles. The van der Waals surface area contributed by atoms with Gasteiger partial charge < -0.3 is 5.11 Å². The summed E-state index contributed by atoms with van der Waals surface area (Å²) in [6.45, 7) is -0.0767. The molecule has 1 aliphatic carbocycles. The van der Waals surface area contributed by atoms with Gasteiger partial charge in [0.1, 0.15) is 12.4 Å². The maximum Gasteiger partial charge on any atom is 0.154 e. The largest absolute Gasteiger partial charge is 0.388 e. The quantitative estimate of drug-likeness (QED) is 0.790. The Morgan fingerprint density at radius 3 is 2.50 bits per heavy atom. The highest BCUT2D eigenvalue weighted by molar-refractivity contribution is 5.34. The van der Waals surface area contributed by atoms with Crippen LogP contribution in [0.25, 0.3) is 0 Å². The number of fused-ring (bicyclic) bond motifs is 1. The normalized spacial score (nSPS) is 15.3. The van der Waals surface area contributed by atoms with Crippen LogP contribution in [0.5, 0.6) is 0 Å². The minimum Gasteiger partial charge on any atom is -0.388 e. The molecule has 4 heteroatoms. The minimum absolute atomic E-state index is 0.0767. The van der Waals surface area contributed by atoms with Gasteiger partial charge in [0, 0.05) is 5.92 Å². The molecule has 0 atom stereocenters. The molecule has 1 aromatic heterocycles. The Bertz CT molecular complexity index is 481. The van der Waals surface area contributed by atoms with Crippen LogP contribution in [0, 0.1) is 0 Å². The van der Waals surface area contributed by atoms with Crippen LogP contribution >= 0.6 is 0 Å². The summed E-state index contributed by atoms with van der Waals surface area (Å²) in [6, 6.07) is 8.46. The van der Waals surface area contributed by atoms with Crippen molar-refractivity contribution in [2.75, 3.05) is 0 Å². The lowest BCUT2D eigenvalue weighted by atomic mass is 10.1. The van der Waals surface area contributed by atoms with Crippen LogP contribution in [-0.4, -0.2) is 20.3 Å². The van der Waals surface area contributed by atoms with E-state index in [9.17, 15) is 0 Å². The molecule has 0 saturated heterocycles. The highest BCUT2D eigenvalue weighted by Gasteiger charge is 2.25. The second-order valence-electron chi connectivity index (χ2n) is 4.17. The Hall–Kier alpha value is -1.68. The number of hydrogen-bond acceptors (Lipinski definition) is 3. The smallest absolute Gasteiger partial charge is 0.154 e. The molecular formula is C12H13N3O. The summed E-state index contributed by atoms with van der Waals surface area (Å²) in [5, 5.41) is 15.8. The van der Waals surface area contributed by atoms with E-state index in [1.807, 2.05) is 0 Å². The summed E-state index contributed by atoms with van der Waals surface area (Å²) in [5.74, 6) is 1.72. The highest BCUT2D eigenvalue weighted by Crippen LogP contribution is 2.31. The standard InChI is InChI=1S/C12H13N3O/c16-7-11-13-12(15-14-11)10-5-8-3-1-2-4-9(8)6-10/h1-4,10,16H,5-7H2,(H,13,14,15). The molecule has 0 spiro atoms. The number of nitrogens with zero attached hydrogens (tertiary/aromatic N) is 2. The van der Waals surface area contributed by atoms with E-state index in [0.29, 0.717) is 11.7 Å². The Morgan fingerprint density at radius 2 is 1.94 bits per heavy atom. The van der Waals surface area contributed by atoms with Gasteiger partial charge in [0.25, 0.3) is 0 Å². The van der Waals surface area contributed by atoms with Gasteiger partial charge in [-0.1, -0.05) is 24.3 Å². The maximum atomic E-state index is 8.93. The molecule has 2 N–H and O–H groups in total. The number of aliphatic hydroxyl groups is 1. The van der Waals surface area contributed by atoms with Crippen LogP contribution in [0.4, 0.5) is 0 Å². The van der Waals surface area contributed by atoms with Gasteiger partial charge in [-0.3, -0.25) is 5.10 Å². The van der Waals surface area contributed by atoms with E-state index in [2.05, 4.69) is 39.4 Å². The Kier molecular flexibility index (Phi) is 2.22. The van der Waals surface area contributed by atoms with Gasteiger partial charge in [-0.2, -0.15) is 5.10 Å². The molecule has 0 fully saturated rings. The van der Waals surface area contributed by atoms with Crippen LogP contribution in [-0.2, 0) is 19.4 Å². The van der Waals surface area contributed by atoms with Crippen molar-refractivity contribution >= 4 is 0 Å². The number of nitrogens with one attached hydrogen (secondary N) is 1. The van der Waals surface area contributed by atoms with Gasteiger partial charge >= 0.3 is 0 Å². The molecule has 1 aliphatic rings. The zero-order valence-electron chi connectivity index (χ0n) is 8.85. The van der Waals surface area contributed by atoms with Crippen molar-refractivity contribution in [3.8, 4) is 0 Å². The molecule has 3 rings (SSSR count). The maximum absolute atomic E-state index is 8.93. The van der Waals surface area contributed by atoms with Crippen LogP contribution in [0.15, 0.2) is 24.3 Å². The van der Waals surface area contributed by atoms with Crippen molar-refractivity contribution in [1.29, 1.82) is 0 Å². The van der Waals surface area contributed by atoms with E-state index in [0.717, 1.165) is 18.7 Å². The van der Waals surface area contributed by atoms with Crippen molar-refractivity contribution in [3.63, 3.8) is 0 Å². The van der Waals surface area contributed by atoms with Crippen LogP contribution in [0.2, 0.25) is 0 Å². The number of aromatic amines is 1. The predicted molar refractivity (Wildman–Crippen MR) is 58.9 cm³/mol. The van der Waals surface area contributed by atoms with Crippen molar-refractivity contribution < 1.29 is 5.11 Å². The van der Waals surface area contributed by atoms with Crippen molar-refractivity contribution in [3.05, 3.63) is 47.0 Å². The van der Waals surface area contributed by atoms with Gasteiger partial charge in [-0.05, 0) is 24.0 Å². The van der Waals surface area contributed by atoms with Crippen molar-refractivity contribution in [1.82, 2.24) is 15.2 Å². The van der Waals surface area contributed by atoms with E-state index in [-0.39, 0.29) is 6.61 Å². The van der Waals surface area contributed by atoms with E-state index >= 15 is 0 Å². The number of H-pyrrole nitrogens is 1. The van der Waals surface area contributed by atoms with Gasteiger partial charge in [0.05, 0.1) is 0 Å². The van der Waals surface area contributed by atoms with Gasteiger partial charge in [0.2, 0.25) is 0 Å². The fourth-order valence-electron chi connectivity index (χ4n) is 2.30. The predicted octanol–water partition coefficient (Wildman–Crippen LogP) is 1.18. The molecule has 0 bridgehead atoms. The van der Waals surface area contributed by atoms with E-state index in [1.54, 1.807) is 0 Å². The molecule has 1 heterocycles. The van der Waals surface area contributed by atoms with Crippen LogP contribution < -0.4 is 0 Å². The highest BCUT2D eigenvalue weighted by atomic mass is 16.3. The first-order valence-electron chi connectivity index (χ1n) is 5.45. The first kappa shape index (κ1) is 9.54. The number of aliphatic hydroxyl groups excluding tert-OH is 1. The van der Waals surface area contributed by atoms with Gasteiger partial charge in [-0.25, -0.2) is 4.98 Å². The fourth-order valence-corrected chi connectivity index (χ4v) is 2.30. The summed E-state index contributed by atoms with van der Waals surface area (Å²) in [6.07, 6.45) is 2.00. The lowest BCUT2D eigenvalue weighted by molar-refractivity contribution is 0.271. The third-order valence-electron chi connectivity index (χ3n) is 3.11. The molecule has 82 valence electrons. The molecule has 16 heavy (non-hydrogen) atoms. The van der Waals surface area contributed by atoms with E-state index in [4.69, 9.17) is 5.11 Å². The molecule has 1 aromatic carbocycles. The van der Waals surface area contributed by atoms with Crippen LogP contribution in [0.3, 0.4) is 0 Å². The summed E-state index contributed by atoms with van der Waals surface area (Å²) < 4.78 is 0. The lowest BCUT2D eigenvalue weighted by Crippen LogP contribution is -2.00. The number of hydrogen-bond donors (Lipinski definition) is 2. The second kappa shape index (κ2) is 3.72. The number of rotatable bonds is 2. The number of benzene rings is 1. The van der Waals surface area contributed by atoms with Crippen molar-refractivity contribution in [2.45, 2.75) is 25.4 Å². The minimum atomic E-state index is -0.0767. The van der Waals surface area contributed by atoms with Gasteiger partial charge in [0.15, 0.2) is 5.82 Å². The molecule has 0 unspecified atom stereocenters. The van der Waals surface area contributed by atoms with Crippen LogP contribution in [0.1, 0.15) is 28.7 Å². The third kappa shape index (κ3) is 1.51. The third-order valence-corrected chi connectivity index (χ3v) is 3.11. The SMILES string of the molecule is OCc1nc(C2Cc3ccccc3C2)n[nH]1. The molecule has 0 aliphatic heterocycles. The number of aromatic nitrogens is 3. The average Bonchev–Trinajstić information content (AvgIpc) is 2.95.